The number of amides is 1. The van der Waals surface area contributed by atoms with Gasteiger partial charge in [0.05, 0.1) is 12.2 Å². The number of hydrogen-bond donors (Lipinski definition) is 3. The molecular formula is C26H36N2O3. The van der Waals surface area contributed by atoms with E-state index in [1.807, 2.05) is 18.2 Å². The molecule has 3 fully saturated rings. The molecule has 0 bridgehead atoms. The van der Waals surface area contributed by atoms with E-state index < -0.39 is 0 Å². The minimum absolute atomic E-state index is 0.00883. The first-order valence-electron chi connectivity index (χ1n) is 12.0. The van der Waals surface area contributed by atoms with Crippen LogP contribution in [0, 0.1) is 23.7 Å². The quantitative estimate of drug-likeness (QED) is 0.420. The van der Waals surface area contributed by atoms with E-state index in [4.69, 9.17) is 0 Å². The van der Waals surface area contributed by atoms with Gasteiger partial charge in [-0.1, -0.05) is 42.7 Å². The van der Waals surface area contributed by atoms with Gasteiger partial charge in [0, 0.05) is 18.5 Å². The summed E-state index contributed by atoms with van der Waals surface area (Å²) in [5.41, 5.74) is 1.47. The number of anilines is 1. The van der Waals surface area contributed by atoms with Crippen molar-refractivity contribution in [2.24, 2.45) is 23.7 Å². The monoisotopic (exact) mass is 424 g/mol. The van der Waals surface area contributed by atoms with Gasteiger partial charge in [-0.3, -0.25) is 4.79 Å². The maximum absolute atomic E-state index is 12.0. The van der Waals surface area contributed by atoms with Crippen molar-refractivity contribution < 1.29 is 15.0 Å². The molecule has 31 heavy (non-hydrogen) atoms. The lowest BCUT2D eigenvalue weighted by molar-refractivity contribution is -0.116. The summed E-state index contributed by atoms with van der Waals surface area (Å²) in [6, 6.07) is 5.48. The molecule has 3 saturated carbocycles. The molecule has 5 atom stereocenters. The number of aliphatic hydroxyl groups excluding tert-OH is 2. The predicted molar refractivity (Wildman–Crippen MR) is 122 cm³/mol. The van der Waals surface area contributed by atoms with Crippen molar-refractivity contribution >= 4 is 11.7 Å². The lowest BCUT2D eigenvalue weighted by Gasteiger charge is -2.19. The zero-order valence-electron chi connectivity index (χ0n) is 18.3. The zero-order chi connectivity index (χ0) is 21.6. The summed E-state index contributed by atoms with van der Waals surface area (Å²) in [7, 11) is 0. The summed E-state index contributed by atoms with van der Waals surface area (Å²) < 4.78 is 0. The number of allylic oxidation sites excluding steroid dienone is 2. The highest BCUT2D eigenvalue weighted by Crippen LogP contribution is 2.50. The summed E-state index contributed by atoms with van der Waals surface area (Å²) in [6.07, 6.45) is 17.3. The van der Waals surface area contributed by atoms with Gasteiger partial charge < -0.3 is 15.5 Å². The lowest BCUT2D eigenvalue weighted by Crippen LogP contribution is -2.19. The number of nitrogens with one attached hydrogen (secondary N) is 1. The van der Waals surface area contributed by atoms with Crippen LogP contribution >= 0.6 is 0 Å². The van der Waals surface area contributed by atoms with Gasteiger partial charge in [-0.15, -0.1) is 0 Å². The third-order valence-corrected chi connectivity index (χ3v) is 7.50. The van der Waals surface area contributed by atoms with Gasteiger partial charge in [-0.05, 0) is 74.8 Å². The Morgan fingerprint density at radius 1 is 1.26 bits per heavy atom. The number of aliphatic hydroxyl groups is 2. The van der Waals surface area contributed by atoms with Crippen LogP contribution in [0.1, 0.15) is 64.2 Å². The van der Waals surface area contributed by atoms with Gasteiger partial charge in [0.2, 0.25) is 5.91 Å². The van der Waals surface area contributed by atoms with Gasteiger partial charge >= 0.3 is 0 Å². The summed E-state index contributed by atoms with van der Waals surface area (Å²) in [5, 5.41) is 23.8. The van der Waals surface area contributed by atoms with Crippen molar-refractivity contribution in [2.45, 2.75) is 76.4 Å². The Balaban J connectivity index is 1.22. The Bertz CT molecular complexity index is 785. The van der Waals surface area contributed by atoms with Crippen LogP contribution in [0.25, 0.3) is 0 Å². The smallest absolute Gasteiger partial charge is 0.225 e. The molecule has 1 amide bonds. The van der Waals surface area contributed by atoms with E-state index in [0.29, 0.717) is 30.0 Å². The van der Waals surface area contributed by atoms with Crippen LogP contribution in [0.3, 0.4) is 0 Å². The van der Waals surface area contributed by atoms with Gasteiger partial charge in [-0.25, -0.2) is 4.98 Å². The van der Waals surface area contributed by atoms with E-state index >= 15 is 0 Å². The molecule has 0 unspecified atom stereocenters. The first kappa shape index (κ1) is 22.2. The topological polar surface area (TPSA) is 82.5 Å². The summed E-state index contributed by atoms with van der Waals surface area (Å²) in [6.45, 7) is 0. The van der Waals surface area contributed by atoms with Crippen molar-refractivity contribution in [1.82, 2.24) is 4.98 Å². The molecular weight excluding hydrogens is 388 g/mol. The molecule has 5 nitrogen and oxygen atoms in total. The highest BCUT2D eigenvalue weighted by atomic mass is 16.3. The Hall–Kier alpha value is -1.98. The predicted octanol–water partition coefficient (Wildman–Crippen LogP) is 4.63. The van der Waals surface area contributed by atoms with Crippen LogP contribution in [-0.4, -0.2) is 33.3 Å². The molecule has 1 aromatic rings. The van der Waals surface area contributed by atoms with Crippen LogP contribution in [0.4, 0.5) is 5.82 Å². The molecule has 5 heteroatoms. The van der Waals surface area contributed by atoms with Crippen molar-refractivity contribution in [2.75, 3.05) is 5.32 Å². The zero-order valence-corrected chi connectivity index (χ0v) is 18.3. The van der Waals surface area contributed by atoms with E-state index in [1.54, 1.807) is 12.3 Å². The first-order valence-corrected chi connectivity index (χ1v) is 12.0. The Morgan fingerprint density at radius 3 is 2.87 bits per heavy atom. The third kappa shape index (κ3) is 5.83. The number of pyridine rings is 1. The number of rotatable bonds is 8. The summed E-state index contributed by atoms with van der Waals surface area (Å²) in [5.74, 6) is 2.21. The third-order valence-electron chi connectivity index (χ3n) is 7.50. The minimum Gasteiger partial charge on any atom is -0.392 e. The number of nitrogens with zero attached hydrogens (tertiary/aromatic N) is 1. The van der Waals surface area contributed by atoms with Crippen LogP contribution in [0.15, 0.2) is 48.2 Å². The van der Waals surface area contributed by atoms with Crippen molar-refractivity contribution in [3.63, 3.8) is 0 Å². The number of unbranched alkanes of at least 4 members (excludes halogenated alkanes) is 1. The molecule has 0 spiro atoms. The molecule has 3 aliphatic carbocycles. The van der Waals surface area contributed by atoms with E-state index in [0.717, 1.165) is 44.9 Å². The fourth-order valence-electron chi connectivity index (χ4n) is 5.85. The van der Waals surface area contributed by atoms with Crippen molar-refractivity contribution in [1.29, 1.82) is 0 Å². The average molecular weight is 425 g/mol. The van der Waals surface area contributed by atoms with Crippen molar-refractivity contribution in [3.8, 4) is 0 Å². The average Bonchev–Trinajstić information content (AvgIpc) is 3.48. The molecule has 168 valence electrons. The lowest BCUT2D eigenvalue weighted by atomic mass is 9.89. The SMILES string of the molecule is O=C(CCCC=C1C[C@H]2C[C@@H](O)[C@H](C=C[C@@H](O)C3CCCC3)[C@H]2C1)Nc1ccccn1. The Kier molecular flexibility index (Phi) is 7.57. The molecule has 3 aliphatic rings. The second kappa shape index (κ2) is 10.6. The van der Waals surface area contributed by atoms with Crippen LogP contribution in [-0.2, 0) is 4.79 Å². The largest absolute Gasteiger partial charge is 0.392 e. The molecule has 0 radical (unpaired) electrons. The van der Waals surface area contributed by atoms with Crippen molar-refractivity contribution in [3.05, 3.63) is 48.2 Å². The standard InChI is InChI=1S/C26H36N2O3/c29-23(19-8-2-3-9-19)13-12-21-22-16-18(15-20(22)17-24(21)30)7-1-4-11-26(31)28-25-10-5-6-14-27-25/h5-7,10,12-14,19-24,29-30H,1-4,8-9,11,15-17H2,(H,27,28,31)/t20-,21+,22-,23+,24+/m0/s1. The van der Waals surface area contributed by atoms with E-state index in [-0.39, 0.29) is 24.0 Å². The number of fused-ring (bicyclic) bond motifs is 1. The number of carbonyl (C=O) groups is 1. The Morgan fingerprint density at radius 2 is 2.10 bits per heavy atom. The summed E-state index contributed by atoms with van der Waals surface area (Å²) in [4.78, 5) is 16.2. The second-order valence-corrected chi connectivity index (χ2v) is 9.65. The van der Waals surface area contributed by atoms with Crippen LogP contribution in [0.5, 0.6) is 0 Å². The second-order valence-electron chi connectivity index (χ2n) is 9.65. The molecule has 3 N–H and O–H groups in total. The maximum atomic E-state index is 12.0. The highest BCUT2D eigenvalue weighted by molar-refractivity contribution is 5.89. The molecule has 0 saturated heterocycles. The fourth-order valence-corrected chi connectivity index (χ4v) is 5.85. The number of carbonyl (C=O) groups excluding carboxylic acids is 1. The maximum Gasteiger partial charge on any atom is 0.225 e. The molecule has 4 rings (SSSR count). The Labute approximate surface area is 185 Å². The van der Waals surface area contributed by atoms with E-state index in [9.17, 15) is 15.0 Å². The van der Waals surface area contributed by atoms with Crippen LogP contribution < -0.4 is 5.32 Å². The first-order chi connectivity index (χ1) is 15.1. The van der Waals surface area contributed by atoms with E-state index in [1.165, 1.54) is 18.4 Å². The van der Waals surface area contributed by atoms with Gasteiger partial charge in [-0.2, -0.15) is 0 Å². The van der Waals surface area contributed by atoms with Gasteiger partial charge in [0.1, 0.15) is 5.82 Å². The molecule has 1 aromatic heterocycles. The number of aromatic nitrogens is 1. The van der Waals surface area contributed by atoms with Crippen LogP contribution in [0.2, 0.25) is 0 Å². The summed E-state index contributed by atoms with van der Waals surface area (Å²) >= 11 is 0. The number of hydrogen-bond acceptors (Lipinski definition) is 4. The molecule has 0 aliphatic heterocycles. The highest BCUT2D eigenvalue weighted by Gasteiger charge is 2.45. The normalized spacial score (nSPS) is 30.8. The van der Waals surface area contributed by atoms with Gasteiger partial charge in [0.15, 0.2) is 0 Å². The van der Waals surface area contributed by atoms with Gasteiger partial charge in [0.25, 0.3) is 0 Å². The molecule has 1 heterocycles. The fraction of sp³-hybridized carbons (Fsp3) is 0.615. The molecule has 0 aromatic carbocycles. The van der Waals surface area contributed by atoms with E-state index in [2.05, 4.69) is 22.5 Å². The minimum atomic E-state index is -0.359.